The van der Waals surface area contributed by atoms with Crippen molar-refractivity contribution in [3.63, 3.8) is 0 Å². The van der Waals surface area contributed by atoms with E-state index in [1.54, 1.807) is 4.68 Å². The molecule has 2 rings (SSSR count). The summed E-state index contributed by atoms with van der Waals surface area (Å²) < 4.78 is 1.71. The van der Waals surface area contributed by atoms with E-state index in [9.17, 15) is 20.0 Å². The van der Waals surface area contributed by atoms with Crippen LogP contribution >= 0.6 is 0 Å². The average molecular weight is 304 g/mol. The smallest absolute Gasteiger partial charge is 0.271 e. The van der Waals surface area contributed by atoms with Crippen LogP contribution < -0.4 is 5.32 Å². The van der Waals surface area contributed by atoms with Crippen molar-refractivity contribution in [2.75, 3.05) is 5.32 Å². The Kier molecular flexibility index (Phi) is 4.40. The van der Waals surface area contributed by atoms with E-state index in [0.717, 1.165) is 17.5 Å². The number of rotatable bonds is 5. The van der Waals surface area contributed by atoms with Crippen molar-refractivity contribution in [3.05, 3.63) is 45.8 Å². The second kappa shape index (κ2) is 6.25. The first kappa shape index (κ1) is 15.5. The summed E-state index contributed by atoms with van der Waals surface area (Å²) in [5.41, 5.74) is 1.64. The first-order valence-corrected chi connectivity index (χ1v) is 6.65. The molecule has 0 saturated heterocycles. The summed E-state index contributed by atoms with van der Waals surface area (Å²) >= 11 is 0. The Morgan fingerprint density at radius 3 is 2.73 bits per heavy atom. The van der Waals surface area contributed by atoms with Gasteiger partial charge in [0.15, 0.2) is 0 Å². The fraction of sp³-hybridized carbons (Fsp3) is 0.286. The van der Waals surface area contributed by atoms with Gasteiger partial charge in [-0.05, 0) is 26.0 Å². The second-order valence-electron chi connectivity index (χ2n) is 4.91. The second-order valence-corrected chi connectivity index (χ2v) is 4.91. The van der Waals surface area contributed by atoms with E-state index < -0.39 is 4.92 Å². The van der Waals surface area contributed by atoms with Crippen LogP contribution in [0.2, 0.25) is 0 Å². The van der Waals surface area contributed by atoms with Gasteiger partial charge in [0.2, 0.25) is 5.91 Å². The van der Waals surface area contributed by atoms with E-state index in [1.807, 2.05) is 19.9 Å². The zero-order valence-corrected chi connectivity index (χ0v) is 12.2. The number of aryl methyl sites for hydroxylation is 3. The number of phenolic OH excluding ortho intramolecular Hbond substituents is 1. The third-order valence-corrected chi connectivity index (χ3v) is 3.12. The van der Waals surface area contributed by atoms with E-state index in [0.29, 0.717) is 6.54 Å². The van der Waals surface area contributed by atoms with E-state index in [4.69, 9.17) is 0 Å². The molecule has 22 heavy (non-hydrogen) atoms. The van der Waals surface area contributed by atoms with Crippen LogP contribution in [0.25, 0.3) is 0 Å². The molecule has 1 heterocycles. The Balaban J connectivity index is 2.01. The summed E-state index contributed by atoms with van der Waals surface area (Å²) in [7, 11) is 0. The van der Waals surface area contributed by atoms with Gasteiger partial charge in [-0.15, -0.1) is 0 Å². The summed E-state index contributed by atoms with van der Waals surface area (Å²) in [4.78, 5) is 22.0. The number of phenols is 1. The number of nitrogens with one attached hydrogen (secondary N) is 1. The molecule has 0 fully saturated rings. The number of hydrogen-bond donors (Lipinski definition) is 2. The van der Waals surface area contributed by atoms with Crippen molar-refractivity contribution in [2.24, 2.45) is 0 Å². The largest absolute Gasteiger partial charge is 0.506 e. The van der Waals surface area contributed by atoms with Crippen LogP contribution in [0.15, 0.2) is 24.3 Å². The van der Waals surface area contributed by atoms with E-state index in [1.165, 1.54) is 12.1 Å². The zero-order valence-electron chi connectivity index (χ0n) is 12.2. The van der Waals surface area contributed by atoms with Gasteiger partial charge in [-0.3, -0.25) is 19.6 Å². The molecule has 0 atom stereocenters. The monoisotopic (exact) mass is 304 g/mol. The number of nitro benzene ring substituents is 1. The Morgan fingerprint density at radius 1 is 1.41 bits per heavy atom. The predicted molar refractivity (Wildman–Crippen MR) is 79.7 cm³/mol. The molecule has 8 nitrogen and oxygen atoms in total. The number of hydrogen-bond acceptors (Lipinski definition) is 5. The molecule has 0 aliphatic carbocycles. The lowest BCUT2D eigenvalue weighted by Gasteiger charge is -2.08. The SMILES string of the molecule is Cc1cc(C)n(CCC(=O)Nc2cc([N+](=O)[O-])ccc2O)n1. The highest BCUT2D eigenvalue weighted by molar-refractivity contribution is 5.92. The van der Waals surface area contributed by atoms with Crippen molar-refractivity contribution in [2.45, 2.75) is 26.8 Å². The number of anilines is 1. The fourth-order valence-electron chi connectivity index (χ4n) is 2.06. The van der Waals surface area contributed by atoms with Gasteiger partial charge in [0.1, 0.15) is 5.75 Å². The third-order valence-electron chi connectivity index (χ3n) is 3.12. The summed E-state index contributed by atoms with van der Waals surface area (Å²) in [6, 6.07) is 5.37. The maximum absolute atomic E-state index is 11.9. The predicted octanol–water partition coefficient (Wildman–Crippen LogP) is 2.14. The normalized spacial score (nSPS) is 10.5. The zero-order chi connectivity index (χ0) is 16.3. The number of nitro groups is 1. The molecule has 0 aliphatic rings. The molecule has 0 saturated carbocycles. The third kappa shape index (κ3) is 3.60. The fourth-order valence-corrected chi connectivity index (χ4v) is 2.06. The van der Waals surface area contributed by atoms with Crippen LogP contribution in [-0.4, -0.2) is 25.7 Å². The summed E-state index contributed by atoms with van der Waals surface area (Å²) in [5.74, 6) is -0.576. The van der Waals surface area contributed by atoms with E-state index in [-0.39, 0.29) is 29.5 Å². The maximum Gasteiger partial charge on any atom is 0.271 e. The van der Waals surface area contributed by atoms with Gasteiger partial charge in [0, 0.05) is 30.8 Å². The molecule has 0 unspecified atom stereocenters. The van der Waals surface area contributed by atoms with Crippen molar-refractivity contribution in [1.82, 2.24) is 9.78 Å². The molecule has 0 spiro atoms. The van der Waals surface area contributed by atoms with Crippen molar-refractivity contribution >= 4 is 17.3 Å². The Labute approximate surface area is 126 Å². The van der Waals surface area contributed by atoms with Crippen LogP contribution in [0.5, 0.6) is 5.75 Å². The molecule has 2 aromatic rings. The number of carbonyl (C=O) groups is 1. The lowest BCUT2D eigenvalue weighted by molar-refractivity contribution is -0.384. The number of benzene rings is 1. The van der Waals surface area contributed by atoms with E-state index in [2.05, 4.69) is 10.4 Å². The van der Waals surface area contributed by atoms with Crippen molar-refractivity contribution < 1.29 is 14.8 Å². The van der Waals surface area contributed by atoms with Gasteiger partial charge in [0.25, 0.3) is 5.69 Å². The maximum atomic E-state index is 11.9. The van der Waals surface area contributed by atoms with Gasteiger partial charge >= 0.3 is 0 Å². The topological polar surface area (TPSA) is 110 Å². The minimum absolute atomic E-state index is 0.0209. The van der Waals surface area contributed by atoms with Crippen molar-refractivity contribution in [3.8, 4) is 5.75 Å². The highest BCUT2D eigenvalue weighted by Gasteiger charge is 2.13. The minimum atomic E-state index is -0.592. The van der Waals surface area contributed by atoms with Crippen LogP contribution in [0.1, 0.15) is 17.8 Å². The molecule has 1 amide bonds. The Morgan fingerprint density at radius 2 is 2.14 bits per heavy atom. The standard InChI is InChI=1S/C14H16N4O4/c1-9-7-10(2)17(16-9)6-5-14(20)15-12-8-11(18(21)22)3-4-13(12)19/h3-4,7-8,19H,5-6H2,1-2H3,(H,15,20). The number of aromatic nitrogens is 2. The molecular formula is C14H16N4O4. The van der Waals surface area contributed by atoms with Crippen LogP contribution in [0.3, 0.4) is 0 Å². The quantitative estimate of drug-likeness (QED) is 0.499. The highest BCUT2D eigenvalue weighted by Crippen LogP contribution is 2.27. The molecule has 116 valence electrons. The highest BCUT2D eigenvalue weighted by atomic mass is 16.6. The average Bonchev–Trinajstić information content (AvgIpc) is 2.77. The van der Waals surface area contributed by atoms with Gasteiger partial charge < -0.3 is 10.4 Å². The van der Waals surface area contributed by atoms with Gasteiger partial charge in [-0.1, -0.05) is 0 Å². The lowest BCUT2D eigenvalue weighted by atomic mass is 10.2. The number of nitrogens with zero attached hydrogens (tertiary/aromatic N) is 3. The van der Waals surface area contributed by atoms with Gasteiger partial charge in [-0.2, -0.15) is 5.10 Å². The molecular weight excluding hydrogens is 288 g/mol. The number of aromatic hydroxyl groups is 1. The molecule has 0 aliphatic heterocycles. The molecule has 0 bridgehead atoms. The Hall–Kier alpha value is -2.90. The number of amides is 1. The first-order chi connectivity index (χ1) is 10.4. The van der Waals surface area contributed by atoms with E-state index >= 15 is 0 Å². The van der Waals surface area contributed by atoms with Crippen LogP contribution in [0, 0.1) is 24.0 Å². The summed E-state index contributed by atoms with van der Waals surface area (Å²) in [5, 5.41) is 27.1. The number of carbonyl (C=O) groups excluding carboxylic acids is 1. The molecule has 1 aromatic carbocycles. The van der Waals surface area contributed by atoms with Crippen molar-refractivity contribution in [1.29, 1.82) is 0 Å². The van der Waals surface area contributed by atoms with Gasteiger partial charge in [-0.25, -0.2) is 0 Å². The summed E-state index contributed by atoms with van der Waals surface area (Å²) in [6.07, 6.45) is 0.143. The molecule has 1 aromatic heterocycles. The van der Waals surface area contributed by atoms with Gasteiger partial charge in [0.05, 0.1) is 16.3 Å². The first-order valence-electron chi connectivity index (χ1n) is 6.65. The van der Waals surface area contributed by atoms with Crippen LogP contribution in [0.4, 0.5) is 11.4 Å². The lowest BCUT2D eigenvalue weighted by Crippen LogP contribution is -2.15. The Bertz CT molecular complexity index is 724. The summed E-state index contributed by atoms with van der Waals surface area (Å²) in [6.45, 7) is 4.15. The molecule has 0 radical (unpaired) electrons. The minimum Gasteiger partial charge on any atom is -0.506 e. The molecule has 8 heteroatoms. The van der Waals surface area contributed by atoms with Crippen LogP contribution in [-0.2, 0) is 11.3 Å². The molecule has 2 N–H and O–H groups in total. The number of non-ortho nitro benzene ring substituents is 1.